The van der Waals surface area contributed by atoms with Gasteiger partial charge in [0.05, 0.1) is 14.2 Å². The second-order valence-electron chi connectivity index (χ2n) is 3.38. The van der Waals surface area contributed by atoms with Gasteiger partial charge in [-0.3, -0.25) is 4.79 Å². The molecule has 0 fully saturated rings. The minimum atomic E-state index is -2.93. The van der Waals surface area contributed by atoms with Gasteiger partial charge in [0.15, 0.2) is 0 Å². The van der Waals surface area contributed by atoms with Gasteiger partial charge in [0.2, 0.25) is 0 Å². The number of hydrogen-bond acceptors (Lipinski definition) is 4. The number of carbonyl (C=O) groups excluding carboxylic acids is 1. The third-order valence-electron chi connectivity index (χ3n) is 1.81. The number of carbonyl (C=O) groups is 1. The smallest absolute Gasteiger partial charge is 0.252 e. The first kappa shape index (κ1) is 13.9. The Morgan fingerprint density at radius 3 is 2.75 bits per heavy atom. The van der Waals surface area contributed by atoms with Crippen LogP contribution < -0.4 is 5.32 Å². The van der Waals surface area contributed by atoms with E-state index in [4.69, 9.17) is 0 Å². The molecule has 1 aromatic heterocycles. The van der Waals surface area contributed by atoms with Crippen molar-refractivity contribution >= 4 is 49.7 Å². The van der Waals surface area contributed by atoms with Crippen LogP contribution in [-0.4, -0.2) is 32.9 Å². The third-order valence-corrected chi connectivity index (χ3v) is 4.63. The number of nitrogens with one attached hydrogen (secondary N) is 1. The largest absolute Gasteiger partial charge is 0.352 e. The van der Waals surface area contributed by atoms with Crippen LogP contribution in [0.2, 0.25) is 0 Å². The quantitative estimate of drug-likeness (QED) is 0.629. The number of amides is 1. The summed E-state index contributed by atoms with van der Waals surface area (Å²) < 4.78 is 22.7. The average Bonchev–Trinajstić information content (AvgIpc) is 2.57. The average molecular weight is 373 g/mol. The number of hydrogen-bond donors (Lipinski definition) is 1. The molecule has 1 rings (SSSR count). The van der Waals surface area contributed by atoms with E-state index in [0.29, 0.717) is 18.5 Å². The fourth-order valence-corrected chi connectivity index (χ4v) is 3.06. The number of thiophene rings is 1. The molecule has 1 heterocycles. The Kier molecular flexibility index (Phi) is 5.19. The monoisotopic (exact) mass is 373 g/mol. The molecule has 0 bridgehead atoms. The normalized spacial score (nSPS) is 11.4. The van der Waals surface area contributed by atoms with Crippen LogP contribution in [0, 0.1) is 2.88 Å². The van der Waals surface area contributed by atoms with Crippen molar-refractivity contribution in [2.75, 3.05) is 18.6 Å². The molecule has 0 saturated heterocycles. The molecule has 0 atom stereocenters. The molecule has 0 saturated carbocycles. The third kappa shape index (κ3) is 5.26. The lowest BCUT2D eigenvalue weighted by molar-refractivity contribution is 0.0954. The van der Waals surface area contributed by atoms with E-state index in [1.54, 1.807) is 11.4 Å². The Balaban J connectivity index is 2.31. The van der Waals surface area contributed by atoms with Crippen molar-refractivity contribution in [1.82, 2.24) is 5.32 Å². The summed E-state index contributed by atoms with van der Waals surface area (Å²) in [6, 6.07) is 1.80. The summed E-state index contributed by atoms with van der Waals surface area (Å²) in [7, 11) is -2.93. The molecule has 0 aliphatic rings. The van der Waals surface area contributed by atoms with Gasteiger partial charge >= 0.3 is 0 Å². The minimum absolute atomic E-state index is 0.106. The molecule has 1 N–H and O–H groups in total. The lowest BCUT2D eigenvalue weighted by Crippen LogP contribution is -2.25. The summed E-state index contributed by atoms with van der Waals surface area (Å²) in [5.74, 6) is -0.0401. The van der Waals surface area contributed by atoms with Gasteiger partial charge in [0, 0.05) is 18.2 Å². The van der Waals surface area contributed by atoms with Gasteiger partial charge in [-0.05, 0) is 35.1 Å². The van der Waals surface area contributed by atoms with Gasteiger partial charge in [-0.25, -0.2) is 8.42 Å². The number of halogens is 1. The van der Waals surface area contributed by atoms with Crippen molar-refractivity contribution < 1.29 is 13.2 Å². The van der Waals surface area contributed by atoms with Gasteiger partial charge in [0.25, 0.3) is 5.91 Å². The van der Waals surface area contributed by atoms with Crippen molar-refractivity contribution in [1.29, 1.82) is 0 Å². The molecule has 90 valence electrons. The maximum Gasteiger partial charge on any atom is 0.252 e. The van der Waals surface area contributed by atoms with Crippen molar-refractivity contribution in [3.63, 3.8) is 0 Å². The second-order valence-corrected chi connectivity index (χ2v) is 8.44. The fourth-order valence-electron chi connectivity index (χ4n) is 1.07. The maximum atomic E-state index is 11.5. The molecule has 0 radical (unpaired) electrons. The van der Waals surface area contributed by atoms with Crippen LogP contribution in [0.15, 0.2) is 11.4 Å². The summed E-state index contributed by atoms with van der Waals surface area (Å²) in [6.45, 7) is 0.387. The SMILES string of the molecule is CS(=O)(=O)CCCNC(=O)c1csc(I)c1. The van der Waals surface area contributed by atoms with Crippen molar-refractivity contribution in [3.8, 4) is 0 Å². The molecule has 0 aliphatic heterocycles. The molecule has 0 unspecified atom stereocenters. The zero-order valence-corrected chi connectivity index (χ0v) is 12.5. The second kappa shape index (κ2) is 5.97. The van der Waals surface area contributed by atoms with Crippen LogP contribution in [0.4, 0.5) is 0 Å². The number of sulfone groups is 1. The molecule has 4 nitrogen and oxygen atoms in total. The standard InChI is InChI=1S/C9H12INO3S2/c1-16(13,14)4-2-3-11-9(12)7-5-8(10)15-6-7/h5-6H,2-4H2,1H3,(H,11,12). The van der Waals surface area contributed by atoms with Crippen LogP contribution >= 0.6 is 33.9 Å². The molecular weight excluding hydrogens is 361 g/mol. The molecule has 0 aliphatic carbocycles. The Hall–Kier alpha value is -0.150. The van der Waals surface area contributed by atoms with Gasteiger partial charge in [-0.15, -0.1) is 11.3 Å². The Morgan fingerprint density at radius 2 is 2.25 bits per heavy atom. The molecule has 16 heavy (non-hydrogen) atoms. The maximum absolute atomic E-state index is 11.5. The zero-order chi connectivity index (χ0) is 12.2. The molecular formula is C9H12INO3S2. The lowest BCUT2D eigenvalue weighted by Gasteiger charge is -2.02. The highest BCUT2D eigenvalue weighted by Crippen LogP contribution is 2.16. The summed E-state index contributed by atoms with van der Waals surface area (Å²) in [4.78, 5) is 11.5. The van der Waals surface area contributed by atoms with Crippen LogP contribution in [0.25, 0.3) is 0 Å². The van der Waals surface area contributed by atoms with E-state index < -0.39 is 9.84 Å². The van der Waals surface area contributed by atoms with Crippen LogP contribution in [0.3, 0.4) is 0 Å². The first-order valence-electron chi connectivity index (χ1n) is 4.58. The van der Waals surface area contributed by atoms with E-state index >= 15 is 0 Å². The van der Waals surface area contributed by atoms with Crippen LogP contribution in [-0.2, 0) is 9.84 Å². The van der Waals surface area contributed by atoms with E-state index in [1.807, 2.05) is 0 Å². The summed E-state index contributed by atoms with van der Waals surface area (Å²) in [6.07, 6.45) is 1.64. The minimum Gasteiger partial charge on any atom is -0.352 e. The molecule has 0 aromatic carbocycles. The Bertz CT molecular complexity index is 467. The van der Waals surface area contributed by atoms with E-state index in [-0.39, 0.29) is 11.7 Å². The van der Waals surface area contributed by atoms with E-state index in [1.165, 1.54) is 17.6 Å². The topological polar surface area (TPSA) is 63.2 Å². The van der Waals surface area contributed by atoms with E-state index in [9.17, 15) is 13.2 Å². The first-order chi connectivity index (χ1) is 7.38. The van der Waals surface area contributed by atoms with Gasteiger partial charge in [0.1, 0.15) is 9.84 Å². The van der Waals surface area contributed by atoms with Gasteiger partial charge in [-0.1, -0.05) is 0 Å². The highest BCUT2D eigenvalue weighted by atomic mass is 127. The van der Waals surface area contributed by atoms with E-state index in [0.717, 1.165) is 2.88 Å². The summed E-state index contributed by atoms with van der Waals surface area (Å²) in [5, 5.41) is 4.47. The van der Waals surface area contributed by atoms with Crippen molar-refractivity contribution in [2.24, 2.45) is 0 Å². The number of rotatable bonds is 5. The van der Waals surface area contributed by atoms with Gasteiger partial charge < -0.3 is 5.32 Å². The highest BCUT2D eigenvalue weighted by Gasteiger charge is 2.07. The Morgan fingerprint density at radius 1 is 1.56 bits per heavy atom. The Labute approximate surface area is 112 Å². The first-order valence-corrected chi connectivity index (χ1v) is 8.60. The van der Waals surface area contributed by atoms with Crippen molar-refractivity contribution in [3.05, 3.63) is 19.9 Å². The van der Waals surface area contributed by atoms with Crippen molar-refractivity contribution in [2.45, 2.75) is 6.42 Å². The van der Waals surface area contributed by atoms with E-state index in [2.05, 4.69) is 27.9 Å². The molecule has 1 aromatic rings. The molecule has 1 amide bonds. The fraction of sp³-hybridized carbons (Fsp3) is 0.444. The van der Waals surface area contributed by atoms with Crippen LogP contribution in [0.5, 0.6) is 0 Å². The predicted molar refractivity (Wildman–Crippen MR) is 73.7 cm³/mol. The lowest BCUT2D eigenvalue weighted by atomic mass is 10.3. The molecule has 7 heteroatoms. The summed E-state index contributed by atoms with van der Waals surface area (Å²) in [5.41, 5.74) is 0.633. The van der Waals surface area contributed by atoms with Crippen LogP contribution in [0.1, 0.15) is 16.8 Å². The summed E-state index contributed by atoms with van der Waals surface area (Å²) >= 11 is 3.65. The van der Waals surface area contributed by atoms with Gasteiger partial charge in [-0.2, -0.15) is 0 Å². The zero-order valence-electron chi connectivity index (χ0n) is 8.70. The predicted octanol–water partition coefficient (Wildman–Crippen LogP) is 1.52. The highest BCUT2D eigenvalue weighted by molar-refractivity contribution is 14.1. The molecule has 0 spiro atoms.